The Hall–Kier alpha value is -4.79. The molecular formula is C26H19NO8. The lowest BCUT2D eigenvalue weighted by Gasteiger charge is -2.15. The summed E-state index contributed by atoms with van der Waals surface area (Å²) in [5.74, 6) is -0.116. The van der Waals surface area contributed by atoms with Crippen molar-refractivity contribution in [3.05, 3.63) is 89.2 Å². The summed E-state index contributed by atoms with van der Waals surface area (Å²) in [6.45, 7) is -0.260. The van der Waals surface area contributed by atoms with Crippen molar-refractivity contribution in [2.75, 3.05) is 13.4 Å². The molecule has 2 aliphatic heterocycles. The molecule has 0 aliphatic carbocycles. The van der Waals surface area contributed by atoms with Crippen LogP contribution in [0.15, 0.2) is 72.5 Å². The number of benzene rings is 3. The maximum absolute atomic E-state index is 12.7. The molecule has 3 aromatic rings. The molecule has 0 bridgehead atoms. The summed E-state index contributed by atoms with van der Waals surface area (Å²) in [6, 6.07) is 17.1. The summed E-state index contributed by atoms with van der Waals surface area (Å²) in [5.41, 5.74) is 1.52. The van der Waals surface area contributed by atoms with Gasteiger partial charge in [-0.3, -0.25) is 9.59 Å². The fourth-order valence-corrected chi connectivity index (χ4v) is 3.70. The first kappa shape index (κ1) is 22.0. The number of carboxylic acids is 1. The maximum Gasteiger partial charge on any atom is 0.330 e. The highest BCUT2D eigenvalue weighted by Crippen LogP contribution is 2.37. The van der Waals surface area contributed by atoms with Crippen molar-refractivity contribution in [1.82, 2.24) is 5.32 Å². The zero-order valence-electron chi connectivity index (χ0n) is 18.2. The minimum atomic E-state index is -1.20. The number of fused-ring (bicyclic) bond motifs is 2. The molecule has 0 radical (unpaired) electrons. The highest BCUT2D eigenvalue weighted by molar-refractivity contribution is 6.14. The Kier molecular flexibility index (Phi) is 5.80. The highest BCUT2D eigenvalue weighted by atomic mass is 16.7. The number of hydrogen-bond acceptors (Lipinski definition) is 7. The Bertz CT molecular complexity index is 1350. The van der Waals surface area contributed by atoms with Crippen LogP contribution in [0.25, 0.3) is 6.08 Å². The number of aliphatic carboxylic acids is 1. The van der Waals surface area contributed by atoms with Crippen molar-refractivity contribution in [3.8, 4) is 23.0 Å². The lowest BCUT2D eigenvalue weighted by molar-refractivity contribution is -0.142. The van der Waals surface area contributed by atoms with E-state index in [2.05, 4.69) is 5.32 Å². The Balaban J connectivity index is 1.24. The number of carbonyl (C=O) groups is 3. The molecule has 9 heteroatoms. The summed E-state index contributed by atoms with van der Waals surface area (Å²) in [5, 5.41) is 11.9. The predicted molar refractivity (Wildman–Crippen MR) is 122 cm³/mol. The maximum atomic E-state index is 12.7. The number of rotatable bonds is 7. The van der Waals surface area contributed by atoms with Gasteiger partial charge in [0.2, 0.25) is 12.6 Å². The molecule has 1 atom stereocenters. The predicted octanol–water partition coefficient (Wildman–Crippen LogP) is 3.35. The first-order valence-corrected chi connectivity index (χ1v) is 10.7. The van der Waals surface area contributed by atoms with Crippen LogP contribution in [0.2, 0.25) is 0 Å². The number of carboxylic acid groups (broad SMARTS) is 1. The molecule has 0 saturated heterocycles. The molecule has 0 fully saturated rings. The van der Waals surface area contributed by atoms with Crippen molar-refractivity contribution in [3.63, 3.8) is 0 Å². The number of hydrogen-bond donors (Lipinski definition) is 2. The highest BCUT2D eigenvalue weighted by Gasteiger charge is 2.28. The summed E-state index contributed by atoms with van der Waals surface area (Å²) in [6.07, 6.45) is 1.61. The molecule has 2 aliphatic rings. The van der Waals surface area contributed by atoms with Gasteiger partial charge in [0.1, 0.15) is 11.5 Å². The number of allylic oxidation sites excluding steroid dienone is 1. The van der Waals surface area contributed by atoms with Crippen molar-refractivity contribution < 1.29 is 38.4 Å². The van der Waals surface area contributed by atoms with E-state index in [1.807, 2.05) is 0 Å². The lowest BCUT2D eigenvalue weighted by Crippen LogP contribution is -2.36. The molecule has 0 saturated carbocycles. The van der Waals surface area contributed by atoms with Crippen molar-refractivity contribution in [2.45, 2.75) is 6.04 Å². The standard InChI is InChI=1S/C26H19NO8/c28-23(27-24(26(30)31)16-4-2-1-3-5-16)13-32-17-7-8-18-20(12-17)35-22(25(18)29)11-15-6-9-19-21(10-15)34-14-33-19/h1-12,24H,13-14H2,(H,27,28)(H,30,31)/b22-11+/t24-/m0/s1. The van der Waals surface area contributed by atoms with E-state index in [-0.39, 0.29) is 18.3 Å². The van der Waals surface area contributed by atoms with Gasteiger partial charge in [-0.2, -0.15) is 0 Å². The monoisotopic (exact) mass is 473 g/mol. The molecule has 0 aromatic heterocycles. The second kappa shape index (κ2) is 9.22. The third-order valence-electron chi connectivity index (χ3n) is 5.39. The van der Waals surface area contributed by atoms with Crippen LogP contribution in [-0.4, -0.2) is 36.2 Å². The first-order valence-electron chi connectivity index (χ1n) is 10.7. The molecule has 0 spiro atoms. The summed E-state index contributed by atoms with van der Waals surface area (Å²) in [7, 11) is 0. The van der Waals surface area contributed by atoms with Gasteiger partial charge in [-0.15, -0.1) is 0 Å². The number of Topliss-reactive ketones (excluding diaryl/α,β-unsaturated/α-hetero) is 1. The SMILES string of the molecule is O=C(COc1ccc2c(c1)O/C(=C/c1ccc3c(c1)OCO3)C2=O)N[C@H](C(=O)O)c1ccccc1. The van der Waals surface area contributed by atoms with E-state index in [1.165, 1.54) is 6.07 Å². The molecule has 0 unspecified atom stereocenters. The van der Waals surface area contributed by atoms with Gasteiger partial charge in [0.05, 0.1) is 5.56 Å². The first-order chi connectivity index (χ1) is 17.0. The number of nitrogens with one attached hydrogen (secondary N) is 1. The van der Waals surface area contributed by atoms with Crippen LogP contribution in [0.5, 0.6) is 23.0 Å². The van der Waals surface area contributed by atoms with Crippen LogP contribution < -0.4 is 24.3 Å². The van der Waals surface area contributed by atoms with Crippen molar-refractivity contribution in [2.24, 2.45) is 0 Å². The Morgan fingerprint density at radius 1 is 1.00 bits per heavy atom. The zero-order chi connectivity index (χ0) is 24.4. The molecule has 176 valence electrons. The van der Waals surface area contributed by atoms with E-state index in [0.717, 1.165) is 0 Å². The van der Waals surface area contributed by atoms with Crippen LogP contribution in [0.3, 0.4) is 0 Å². The molecule has 3 aromatic carbocycles. The number of amides is 1. The average Bonchev–Trinajstić information content (AvgIpc) is 3.45. The van der Waals surface area contributed by atoms with Crippen molar-refractivity contribution in [1.29, 1.82) is 0 Å². The minimum absolute atomic E-state index is 0.140. The Labute approximate surface area is 199 Å². The quantitative estimate of drug-likeness (QED) is 0.502. The molecule has 9 nitrogen and oxygen atoms in total. The van der Waals surface area contributed by atoms with Gasteiger partial charge in [0.15, 0.2) is 29.9 Å². The van der Waals surface area contributed by atoms with Gasteiger partial charge < -0.3 is 29.4 Å². The Morgan fingerprint density at radius 3 is 2.60 bits per heavy atom. The number of ether oxygens (including phenoxy) is 4. The van der Waals surface area contributed by atoms with Gasteiger partial charge in [-0.1, -0.05) is 36.4 Å². The van der Waals surface area contributed by atoms with Crippen LogP contribution >= 0.6 is 0 Å². The smallest absolute Gasteiger partial charge is 0.330 e. The summed E-state index contributed by atoms with van der Waals surface area (Å²) in [4.78, 5) is 36.6. The lowest BCUT2D eigenvalue weighted by atomic mass is 10.1. The fourth-order valence-electron chi connectivity index (χ4n) is 3.70. The minimum Gasteiger partial charge on any atom is -0.484 e. The third kappa shape index (κ3) is 4.65. The topological polar surface area (TPSA) is 120 Å². The van der Waals surface area contributed by atoms with Gasteiger partial charge in [-0.05, 0) is 41.5 Å². The van der Waals surface area contributed by atoms with Gasteiger partial charge in [0, 0.05) is 6.07 Å². The fraction of sp³-hybridized carbons (Fsp3) is 0.115. The molecule has 5 rings (SSSR count). The van der Waals surface area contributed by atoms with Gasteiger partial charge in [-0.25, -0.2) is 4.79 Å². The van der Waals surface area contributed by atoms with Crippen LogP contribution in [-0.2, 0) is 9.59 Å². The number of ketones is 1. The largest absolute Gasteiger partial charge is 0.484 e. The van der Waals surface area contributed by atoms with E-state index in [0.29, 0.717) is 39.7 Å². The van der Waals surface area contributed by atoms with E-state index in [4.69, 9.17) is 18.9 Å². The molecular weight excluding hydrogens is 454 g/mol. The second-order valence-electron chi connectivity index (χ2n) is 7.75. The van der Waals surface area contributed by atoms with Crippen LogP contribution in [0, 0.1) is 0 Å². The number of carbonyl (C=O) groups excluding carboxylic acids is 2. The molecule has 35 heavy (non-hydrogen) atoms. The summed E-state index contributed by atoms with van der Waals surface area (Å²) < 4.78 is 21.9. The average molecular weight is 473 g/mol. The molecule has 2 N–H and O–H groups in total. The molecule has 2 heterocycles. The third-order valence-corrected chi connectivity index (χ3v) is 5.39. The van der Waals surface area contributed by atoms with E-state index >= 15 is 0 Å². The van der Waals surface area contributed by atoms with Gasteiger partial charge in [0.25, 0.3) is 5.91 Å². The van der Waals surface area contributed by atoms with E-state index in [9.17, 15) is 19.5 Å². The summed E-state index contributed by atoms with van der Waals surface area (Å²) >= 11 is 0. The van der Waals surface area contributed by atoms with E-state index in [1.54, 1.807) is 66.7 Å². The normalized spacial score (nSPS) is 15.3. The van der Waals surface area contributed by atoms with Crippen LogP contribution in [0.1, 0.15) is 27.5 Å². The second-order valence-corrected chi connectivity index (χ2v) is 7.75. The van der Waals surface area contributed by atoms with Gasteiger partial charge >= 0.3 is 5.97 Å². The van der Waals surface area contributed by atoms with E-state index < -0.39 is 24.5 Å². The van der Waals surface area contributed by atoms with Crippen LogP contribution in [0.4, 0.5) is 0 Å². The zero-order valence-corrected chi connectivity index (χ0v) is 18.2. The van der Waals surface area contributed by atoms with Crippen molar-refractivity contribution >= 4 is 23.7 Å². The Morgan fingerprint density at radius 2 is 1.80 bits per heavy atom. The molecule has 1 amide bonds.